The van der Waals surface area contributed by atoms with Crippen LogP contribution < -0.4 is 14.2 Å². The van der Waals surface area contributed by atoms with Crippen molar-refractivity contribution in [1.29, 1.82) is 0 Å². The third kappa shape index (κ3) is 2.48. The monoisotopic (exact) mass is 274 g/mol. The molecule has 1 aromatic carbocycles. The van der Waals surface area contributed by atoms with Gasteiger partial charge in [-0.25, -0.2) is 9.97 Å². The first-order chi connectivity index (χ1) is 9.80. The number of fused-ring (bicyclic) bond motifs is 1. The van der Waals surface area contributed by atoms with Gasteiger partial charge in [0, 0.05) is 12.1 Å². The number of ether oxygens (including phenoxy) is 3. The molecule has 0 N–H and O–H groups in total. The van der Waals surface area contributed by atoms with E-state index in [9.17, 15) is 0 Å². The molecule has 1 aromatic heterocycles. The van der Waals surface area contributed by atoms with Gasteiger partial charge in [0.25, 0.3) is 0 Å². The summed E-state index contributed by atoms with van der Waals surface area (Å²) in [7, 11) is 3.21. The van der Waals surface area contributed by atoms with Crippen LogP contribution in [-0.2, 0) is 0 Å². The zero-order valence-corrected chi connectivity index (χ0v) is 11.8. The van der Waals surface area contributed by atoms with E-state index in [0.717, 1.165) is 23.9 Å². The fraction of sp³-hybridized carbons (Fsp3) is 0.467. The van der Waals surface area contributed by atoms with Crippen LogP contribution in [0.5, 0.6) is 17.4 Å². The predicted molar refractivity (Wildman–Crippen MR) is 75.5 cm³/mol. The number of hydrogen-bond acceptors (Lipinski definition) is 5. The van der Waals surface area contributed by atoms with E-state index in [2.05, 4.69) is 9.97 Å². The van der Waals surface area contributed by atoms with Gasteiger partial charge < -0.3 is 14.2 Å². The summed E-state index contributed by atoms with van der Waals surface area (Å²) in [5.74, 6) is 1.88. The Hall–Kier alpha value is -2.04. The van der Waals surface area contributed by atoms with E-state index >= 15 is 0 Å². The number of rotatable bonds is 4. The molecule has 1 fully saturated rings. The average molecular weight is 274 g/mol. The maximum atomic E-state index is 5.87. The summed E-state index contributed by atoms with van der Waals surface area (Å²) >= 11 is 0. The summed E-state index contributed by atoms with van der Waals surface area (Å²) in [5, 5.41) is 0. The molecule has 0 amide bonds. The lowest BCUT2D eigenvalue weighted by Gasteiger charge is -2.13. The number of nitrogens with zero attached hydrogens (tertiary/aromatic N) is 2. The Labute approximate surface area is 117 Å². The van der Waals surface area contributed by atoms with Gasteiger partial charge in [0.15, 0.2) is 11.5 Å². The van der Waals surface area contributed by atoms with Gasteiger partial charge in [0.05, 0.1) is 31.4 Å². The lowest BCUT2D eigenvalue weighted by atomic mass is 10.2. The first kappa shape index (κ1) is 13.0. The standard InChI is InChI=1S/C15H18N2O3/c1-18-13-7-11-12(8-14(13)19-2)17-15(9-16-11)20-10-5-3-4-6-10/h7-10H,3-6H2,1-2H3. The quantitative estimate of drug-likeness (QED) is 0.858. The second kappa shape index (κ2) is 5.53. The summed E-state index contributed by atoms with van der Waals surface area (Å²) in [5.41, 5.74) is 1.51. The summed E-state index contributed by atoms with van der Waals surface area (Å²) in [6, 6.07) is 3.64. The highest BCUT2D eigenvalue weighted by molar-refractivity contribution is 5.79. The summed E-state index contributed by atoms with van der Waals surface area (Å²) in [6.45, 7) is 0. The molecule has 1 aliphatic carbocycles. The molecule has 20 heavy (non-hydrogen) atoms. The summed E-state index contributed by atoms with van der Waals surface area (Å²) < 4.78 is 16.4. The van der Waals surface area contributed by atoms with Gasteiger partial charge in [0.2, 0.25) is 5.88 Å². The largest absolute Gasteiger partial charge is 0.493 e. The van der Waals surface area contributed by atoms with Gasteiger partial charge in [-0.3, -0.25) is 0 Å². The van der Waals surface area contributed by atoms with Gasteiger partial charge in [-0.1, -0.05) is 0 Å². The Morgan fingerprint density at radius 3 is 2.30 bits per heavy atom. The first-order valence-electron chi connectivity index (χ1n) is 6.85. The fourth-order valence-corrected chi connectivity index (χ4v) is 2.56. The predicted octanol–water partition coefficient (Wildman–Crippen LogP) is 2.97. The van der Waals surface area contributed by atoms with E-state index in [1.807, 2.05) is 12.1 Å². The van der Waals surface area contributed by atoms with Crippen molar-refractivity contribution in [3.63, 3.8) is 0 Å². The Bertz CT molecular complexity index is 609. The number of aromatic nitrogens is 2. The van der Waals surface area contributed by atoms with Crippen molar-refractivity contribution in [2.24, 2.45) is 0 Å². The van der Waals surface area contributed by atoms with Crippen molar-refractivity contribution in [3.8, 4) is 17.4 Å². The molecule has 0 radical (unpaired) electrons. The number of benzene rings is 1. The molecule has 5 nitrogen and oxygen atoms in total. The molecular formula is C15H18N2O3. The molecule has 106 valence electrons. The average Bonchev–Trinajstić information content (AvgIpc) is 2.98. The van der Waals surface area contributed by atoms with Crippen LogP contribution in [0.25, 0.3) is 11.0 Å². The van der Waals surface area contributed by atoms with E-state index < -0.39 is 0 Å². The van der Waals surface area contributed by atoms with Crippen LogP contribution in [-0.4, -0.2) is 30.3 Å². The molecule has 1 heterocycles. The third-order valence-electron chi connectivity index (χ3n) is 3.62. The van der Waals surface area contributed by atoms with Crippen molar-refractivity contribution in [2.45, 2.75) is 31.8 Å². The second-order valence-electron chi connectivity index (χ2n) is 4.93. The Balaban J connectivity index is 1.93. The minimum absolute atomic E-state index is 0.280. The molecule has 0 saturated heterocycles. The van der Waals surface area contributed by atoms with Crippen LogP contribution in [0.4, 0.5) is 0 Å². The molecule has 0 spiro atoms. The number of methoxy groups -OCH3 is 2. The Kier molecular flexibility index (Phi) is 3.58. The maximum absolute atomic E-state index is 5.87. The van der Waals surface area contributed by atoms with Crippen molar-refractivity contribution in [1.82, 2.24) is 9.97 Å². The lowest BCUT2D eigenvalue weighted by molar-refractivity contribution is 0.201. The van der Waals surface area contributed by atoms with Crippen LogP contribution in [0.1, 0.15) is 25.7 Å². The van der Waals surface area contributed by atoms with Crippen molar-refractivity contribution >= 4 is 11.0 Å². The topological polar surface area (TPSA) is 53.5 Å². The molecule has 5 heteroatoms. The van der Waals surface area contributed by atoms with Gasteiger partial charge in [-0.2, -0.15) is 0 Å². The molecule has 0 aliphatic heterocycles. The Morgan fingerprint density at radius 2 is 1.65 bits per heavy atom. The van der Waals surface area contributed by atoms with Crippen LogP contribution in [0, 0.1) is 0 Å². The van der Waals surface area contributed by atoms with Crippen LogP contribution in [0.2, 0.25) is 0 Å². The second-order valence-corrected chi connectivity index (χ2v) is 4.93. The van der Waals surface area contributed by atoms with E-state index in [-0.39, 0.29) is 6.10 Å². The van der Waals surface area contributed by atoms with Crippen LogP contribution in [0.3, 0.4) is 0 Å². The van der Waals surface area contributed by atoms with Crippen molar-refractivity contribution < 1.29 is 14.2 Å². The molecule has 0 unspecified atom stereocenters. The van der Waals surface area contributed by atoms with E-state index in [1.165, 1.54) is 12.8 Å². The molecule has 2 aromatic rings. The minimum Gasteiger partial charge on any atom is -0.493 e. The van der Waals surface area contributed by atoms with Crippen molar-refractivity contribution in [2.75, 3.05) is 14.2 Å². The Morgan fingerprint density at radius 1 is 1.00 bits per heavy atom. The summed E-state index contributed by atoms with van der Waals surface area (Å²) in [4.78, 5) is 8.89. The highest BCUT2D eigenvalue weighted by atomic mass is 16.5. The van der Waals surface area contributed by atoms with E-state index in [1.54, 1.807) is 20.4 Å². The zero-order chi connectivity index (χ0) is 13.9. The first-order valence-corrected chi connectivity index (χ1v) is 6.85. The van der Waals surface area contributed by atoms with Gasteiger partial charge in [-0.05, 0) is 25.7 Å². The molecule has 1 saturated carbocycles. The smallest absolute Gasteiger partial charge is 0.233 e. The van der Waals surface area contributed by atoms with Gasteiger partial charge >= 0.3 is 0 Å². The molecular weight excluding hydrogens is 256 g/mol. The fourth-order valence-electron chi connectivity index (χ4n) is 2.56. The zero-order valence-electron chi connectivity index (χ0n) is 11.8. The SMILES string of the molecule is COc1cc2ncc(OC3CCCC3)nc2cc1OC. The molecule has 3 rings (SSSR count). The highest BCUT2D eigenvalue weighted by Crippen LogP contribution is 2.31. The normalized spacial score (nSPS) is 15.5. The van der Waals surface area contributed by atoms with Gasteiger partial charge in [0.1, 0.15) is 6.10 Å². The highest BCUT2D eigenvalue weighted by Gasteiger charge is 2.17. The maximum Gasteiger partial charge on any atom is 0.233 e. The minimum atomic E-state index is 0.280. The third-order valence-corrected chi connectivity index (χ3v) is 3.62. The van der Waals surface area contributed by atoms with E-state index in [4.69, 9.17) is 14.2 Å². The molecule has 0 bridgehead atoms. The number of hydrogen-bond donors (Lipinski definition) is 0. The van der Waals surface area contributed by atoms with Gasteiger partial charge in [-0.15, -0.1) is 0 Å². The molecule has 1 aliphatic rings. The molecule has 0 atom stereocenters. The van der Waals surface area contributed by atoms with Crippen molar-refractivity contribution in [3.05, 3.63) is 18.3 Å². The van der Waals surface area contributed by atoms with Crippen LogP contribution >= 0.6 is 0 Å². The van der Waals surface area contributed by atoms with Crippen LogP contribution in [0.15, 0.2) is 18.3 Å². The lowest BCUT2D eigenvalue weighted by Crippen LogP contribution is -2.12. The van der Waals surface area contributed by atoms with E-state index in [0.29, 0.717) is 17.4 Å². The summed E-state index contributed by atoms with van der Waals surface area (Å²) in [6.07, 6.45) is 6.62.